The summed E-state index contributed by atoms with van der Waals surface area (Å²) in [6.45, 7) is 1.40. The molecule has 0 aromatic heterocycles. The van der Waals surface area contributed by atoms with Crippen LogP contribution in [-0.4, -0.2) is 84.9 Å². The summed E-state index contributed by atoms with van der Waals surface area (Å²) < 4.78 is 9.58. The molecule has 0 aliphatic rings. The van der Waals surface area contributed by atoms with Gasteiger partial charge in [-0.05, 0) is 12.8 Å². The van der Waals surface area contributed by atoms with Crippen molar-refractivity contribution < 1.29 is 108 Å². The van der Waals surface area contributed by atoms with Crippen molar-refractivity contribution in [2.75, 3.05) is 39.3 Å². The van der Waals surface area contributed by atoms with Gasteiger partial charge in [-0.3, -0.25) is 29.0 Å². The molecule has 0 atom stereocenters. The predicted octanol–water partition coefficient (Wildman–Crippen LogP) is -4.48. The molecule has 0 aromatic carbocycles. The van der Waals surface area contributed by atoms with Gasteiger partial charge in [-0.25, -0.2) is 0 Å². The van der Waals surface area contributed by atoms with Crippen LogP contribution in [0.1, 0.15) is 117 Å². The van der Waals surface area contributed by atoms with Crippen molar-refractivity contribution in [2.45, 2.75) is 117 Å². The van der Waals surface area contributed by atoms with Gasteiger partial charge in [-0.2, -0.15) is 0 Å². The maximum Gasteiger partial charge on any atom is 1.00 e. The molecule has 0 rings (SSSR count). The van der Waals surface area contributed by atoms with Gasteiger partial charge < -0.3 is 29.3 Å². The minimum absolute atomic E-state index is 0. The minimum Gasteiger partial charge on any atom is -0.549 e. The van der Waals surface area contributed by atoms with Crippen molar-refractivity contribution in [3.05, 3.63) is 0 Å². The van der Waals surface area contributed by atoms with Gasteiger partial charge in [0.1, 0.15) is 0 Å². The summed E-state index contributed by atoms with van der Waals surface area (Å²) in [5, 5.41) is 22.4. The summed E-state index contributed by atoms with van der Waals surface area (Å²) in [5.74, 6) is -6.32. The second kappa shape index (κ2) is 32.1. The molecule has 12 nitrogen and oxygen atoms in total. The Balaban J connectivity index is -0.00000840. The number of hydrogen-bond acceptors (Lipinski definition) is 12. The molecule has 0 saturated heterocycles. The molecule has 0 bridgehead atoms. The monoisotopic (exact) mass is 644 g/mol. The van der Waals surface area contributed by atoms with Crippen molar-refractivity contribution in [3.63, 3.8) is 0 Å². The molecular weight excluding hydrogens is 594 g/mol. The van der Waals surface area contributed by atoms with Crippen LogP contribution >= 0.6 is 0 Å². The van der Waals surface area contributed by atoms with Gasteiger partial charge in [0.25, 0.3) is 0 Å². The van der Waals surface area contributed by atoms with Crippen molar-refractivity contribution >= 4 is 35.8 Å². The zero-order chi connectivity index (χ0) is 31.6. The maximum atomic E-state index is 12.2. The number of rotatable bonds is 27. The van der Waals surface area contributed by atoms with Crippen LogP contribution in [0.4, 0.5) is 0 Å². The van der Waals surface area contributed by atoms with E-state index in [0.717, 1.165) is 74.0 Å². The van der Waals surface area contributed by atoms with Crippen LogP contribution in [0.3, 0.4) is 0 Å². The number of carbonyl (C=O) groups is 6. The third kappa shape index (κ3) is 31.1. The summed E-state index contributed by atoms with van der Waals surface area (Å²) in [4.78, 5) is 72.9. The third-order valence-electron chi connectivity index (χ3n) is 6.57. The van der Waals surface area contributed by atoms with E-state index >= 15 is 0 Å². The maximum absolute atomic E-state index is 12.2. The molecule has 0 radical (unpaired) electrons. The first-order chi connectivity index (χ1) is 20.1. The zero-order valence-corrected chi connectivity index (χ0v) is 31.5. The van der Waals surface area contributed by atoms with Crippen LogP contribution in [0.25, 0.3) is 0 Å². The van der Waals surface area contributed by atoms with Gasteiger partial charge in [-0.15, -0.1) is 0 Å². The van der Waals surface area contributed by atoms with E-state index in [2.05, 4.69) is 13.8 Å². The van der Waals surface area contributed by atoms with E-state index in [1.54, 1.807) is 0 Å². The molecule has 0 saturated carbocycles. The second-order valence-corrected chi connectivity index (χ2v) is 10.6. The molecule has 0 aromatic rings. The first kappa shape index (κ1) is 47.5. The van der Waals surface area contributed by atoms with E-state index < -0.39 is 62.0 Å². The number of hydrogen-bond donors (Lipinski definition) is 0. The normalized spacial score (nSPS) is 10.5. The smallest absolute Gasteiger partial charge is 0.549 e. The fraction of sp³-hybridized carbons (Fsp3) is 0.800. The Labute approximate surface area is 306 Å². The van der Waals surface area contributed by atoms with Crippen LogP contribution in [-0.2, 0) is 38.2 Å². The molecule has 44 heavy (non-hydrogen) atoms. The quantitative estimate of drug-likeness (QED) is 0.0364. The Bertz CT molecular complexity index is 764. The van der Waals surface area contributed by atoms with Gasteiger partial charge in [0, 0.05) is 39.0 Å². The second-order valence-electron chi connectivity index (χ2n) is 10.6. The van der Waals surface area contributed by atoms with Crippen LogP contribution in [0.15, 0.2) is 0 Å². The first-order valence-electron chi connectivity index (χ1n) is 15.4. The molecule has 14 heteroatoms. The molecule has 0 fully saturated rings. The zero-order valence-electron chi connectivity index (χ0n) is 27.5. The third-order valence-corrected chi connectivity index (χ3v) is 6.57. The fourth-order valence-electron chi connectivity index (χ4n) is 4.31. The summed E-state index contributed by atoms with van der Waals surface area (Å²) in [5.41, 5.74) is 0. The van der Waals surface area contributed by atoms with Crippen molar-refractivity contribution in [1.29, 1.82) is 0 Å². The van der Waals surface area contributed by atoms with Crippen molar-refractivity contribution in [3.8, 4) is 0 Å². The van der Waals surface area contributed by atoms with E-state index in [9.17, 15) is 39.0 Å². The number of ether oxygens (including phenoxy) is 2. The molecule has 242 valence electrons. The Kier molecular flexibility index (Phi) is 34.7. The number of unbranched alkanes of at least 4 members (excludes halogenated alkanes) is 12. The molecule has 0 spiro atoms. The van der Waals surface area contributed by atoms with Crippen LogP contribution in [0, 0.1) is 0 Å². The van der Waals surface area contributed by atoms with Crippen molar-refractivity contribution in [2.24, 2.45) is 0 Å². The summed E-state index contributed by atoms with van der Waals surface area (Å²) >= 11 is 0. The van der Waals surface area contributed by atoms with E-state index in [4.69, 9.17) is 9.47 Å². The fourth-order valence-corrected chi connectivity index (χ4v) is 4.31. The first-order valence-corrected chi connectivity index (χ1v) is 15.4. The van der Waals surface area contributed by atoms with E-state index in [1.807, 2.05) is 0 Å². The Morgan fingerprint density at radius 1 is 0.455 bits per heavy atom. The summed E-state index contributed by atoms with van der Waals surface area (Å²) in [6.07, 6.45) is 14.1. The van der Waals surface area contributed by atoms with Crippen molar-refractivity contribution in [1.82, 2.24) is 9.80 Å². The van der Waals surface area contributed by atoms with Gasteiger partial charge in [0.15, 0.2) is 0 Å². The van der Waals surface area contributed by atoms with Crippen LogP contribution in [0.2, 0.25) is 0 Å². The Hall–Kier alpha value is -0.860. The topological polar surface area (TPSA) is 173 Å². The van der Waals surface area contributed by atoms with E-state index in [-0.39, 0.29) is 85.0 Å². The van der Waals surface area contributed by atoms with Gasteiger partial charge in [0.05, 0.1) is 25.0 Å². The average molecular weight is 645 g/mol. The SMILES string of the molecule is CCCCCCCCCC(=O)OC(=O)CN(CCN(CC(=O)[O-])CC(=O)OC(=O)CCCCCCCCC)CC(=O)[O-].[Na+].[Na+]. The Morgan fingerprint density at radius 3 is 1.05 bits per heavy atom. The van der Waals surface area contributed by atoms with Gasteiger partial charge in [-0.1, -0.05) is 90.9 Å². The standard InChI is InChI=1S/C30H52N2O10.2Na/c1-3-5-7-9-11-13-15-17-27(37)41-29(39)23-31(21-25(33)34)19-20-32(22-26(35)36)24-30(40)42-28(38)18-16-14-12-10-8-6-4-2;;/h3-24H2,1-2H3,(H,33,34)(H,35,36);;/q;2*+1/p-2. The average Bonchev–Trinajstić information content (AvgIpc) is 2.89. The van der Waals surface area contributed by atoms with E-state index in [0.29, 0.717) is 12.8 Å². The molecule has 0 aliphatic carbocycles. The number of carbonyl (C=O) groups excluding carboxylic acids is 6. The number of carboxylic acids is 2. The molecule has 0 N–H and O–H groups in total. The van der Waals surface area contributed by atoms with Gasteiger partial charge in [0.2, 0.25) is 0 Å². The number of nitrogens with zero attached hydrogens (tertiary/aromatic N) is 2. The number of carboxylic acid groups (broad SMARTS) is 2. The minimum atomic E-state index is -1.50. The number of aliphatic carboxylic acids is 2. The molecule has 0 heterocycles. The summed E-state index contributed by atoms with van der Waals surface area (Å²) in [7, 11) is 0. The van der Waals surface area contributed by atoms with E-state index in [1.165, 1.54) is 12.8 Å². The van der Waals surface area contributed by atoms with Crippen LogP contribution < -0.4 is 69.3 Å². The molecule has 0 aliphatic heterocycles. The molecule has 0 amide bonds. The van der Waals surface area contributed by atoms with Gasteiger partial charge >= 0.3 is 83.0 Å². The largest absolute Gasteiger partial charge is 1.00 e. The molecular formula is C30H50N2Na2O10. The summed E-state index contributed by atoms with van der Waals surface area (Å²) in [6, 6.07) is 0. The predicted molar refractivity (Wildman–Crippen MR) is 150 cm³/mol. The van der Waals surface area contributed by atoms with Crippen LogP contribution in [0.5, 0.6) is 0 Å². The number of esters is 4. The Morgan fingerprint density at radius 2 is 0.750 bits per heavy atom. The molecule has 0 unspecified atom stereocenters.